The van der Waals surface area contributed by atoms with E-state index in [4.69, 9.17) is 16.3 Å². The Labute approximate surface area is 170 Å². The lowest BCUT2D eigenvalue weighted by atomic mass is 9.86. The van der Waals surface area contributed by atoms with Gasteiger partial charge in [0.15, 0.2) is 6.54 Å². The Kier molecular flexibility index (Phi) is 4.69. The summed E-state index contributed by atoms with van der Waals surface area (Å²) >= 11 is 6.26. The molecule has 0 aromatic heterocycles. The fraction of sp³-hybridized carbons (Fsp3) is 0.391. The first kappa shape index (κ1) is 17.9. The number of hydrogen-bond donors (Lipinski definition) is 0. The van der Waals surface area contributed by atoms with E-state index >= 15 is 0 Å². The highest BCUT2D eigenvalue weighted by Crippen LogP contribution is 2.30. The molecule has 0 saturated carbocycles. The van der Waals surface area contributed by atoms with Crippen LogP contribution in [0.15, 0.2) is 48.5 Å². The van der Waals surface area contributed by atoms with Gasteiger partial charge in [-0.25, -0.2) is 0 Å². The Morgan fingerprint density at radius 1 is 1.11 bits per heavy atom. The second-order valence-corrected chi connectivity index (χ2v) is 8.41. The quantitative estimate of drug-likeness (QED) is 0.721. The minimum Gasteiger partial charge on any atom is -0.407 e. The topological polar surface area (TPSA) is 32.5 Å². The minimum atomic E-state index is -0.233. The number of fused-ring (bicyclic) bond motifs is 4. The van der Waals surface area contributed by atoms with Gasteiger partial charge in [-0.05, 0) is 61.7 Å². The van der Waals surface area contributed by atoms with Crippen LogP contribution in [0.5, 0.6) is 0 Å². The minimum absolute atomic E-state index is 0.00721. The number of benzene rings is 2. The van der Waals surface area contributed by atoms with Crippen molar-refractivity contribution in [3.05, 3.63) is 70.2 Å². The highest BCUT2D eigenvalue weighted by molar-refractivity contribution is 6.31. The number of carbonyl (C=O) groups is 1. The van der Waals surface area contributed by atoms with E-state index in [1.165, 1.54) is 5.56 Å². The number of piperidine rings is 3. The Morgan fingerprint density at radius 3 is 2.68 bits per heavy atom. The molecule has 2 aromatic rings. The second-order valence-electron chi connectivity index (χ2n) is 7.98. The van der Waals surface area contributed by atoms with Crippen LogP contribution < -0.4 is 0 Å². The van der Waals surface area contributed by atoms with Crippen molar-refractivity contribution in [2.45, 2.75) is 25.4 Å². The second kappa shape index (κ2) is 7.34. The van der Waals surface area contributed by atoms with E-state index in [0.29, 0.717) is 17.5 Å². The summed E-state index contributed by atoms with van der Waals surface area (Å²) in [6.45, 7) is 3.76. The van der Waals surface area contributed by atoms with Gasteiger partial charge in [-0.1, -0.05) is 35.9 Å². The summed E-state index contributed by atoms with van der Waals surface area (Å²) in [6.07, 6.45) is 2.86. The molecule has 0 aliphatic carbocycles. The maximum absolute atomic E-state index is 13.3. The summed E-state index contributed by atoms with van der Waals surface area (Å²) in [5.74, 6) is 0.501. The average Bonchev–Trinajstić information content (AvgIpc) is 2.73. The molecule has 4 aliphatic heterocycles. The van der Waals surface area contributed by atoms with Crippen LogP contribution in [0, 0.1) is 5.92 Å². The zero-order chi connectivity index (χ0) is 19.1. The summed E-state index contributed by atoms with van der Waals surface area (Å²) in [4.78, 5) is 15.7. The zero-order valence-corrected chi connectivity index (χ0v) is 16.6. The van der Waals surface area contributed by atoms with Gasteiger partial charge in [0, 0.05) is 23.6 Å². The SMILES string of the molecule is O=C(O[C@@H]1CN2CCC1CC2)[N+]1=C(c2cccc(Cl)c2)c2ccccc2CC1. The van der Waals surface area contributed by atoms with E-state index in [0.717, 1.165) is 55.7 Å². The molecule has 4 aliphatic rings. The fourth-order valence-electron chi connectivity index (χ4n) is 4.83. The third kappa shape index (κ3) is 3.25. The molecule has 0 unspecified atom stereocenters. The Bertz CT molecular complexity index is 947. The van der Waals surface area contributed by atoms with Crippen LogP contribution in [0.4, 0.5) is 4.79 Å². The third-order valence-electron chi connectivity index (χ3n) is 6.31. The van der Waals surface area contributed by atoms with E-state index in [1.54, 1.807) is 0 Å². The molecule has 2 aromatic carbocycles. The molecule has 6 rings (SSSR count). The summed E-state index contributed by atoms with van der Waals surface area (Å²) in [6, 6.07) is 16.0. The number of nitrogens with zero attached hydrogens (tertiary/aromatic N) is 2. The number of ether oxygens (including phenoxy) is 1. The number of hydrogen-bond acceptors (Lipinski definition) is 3. The summed E-state index contributed by atoms with van der Waals surface area (Å²) in [5, 5.41) is 0.666. The molecule has 1 atom stereocenters. The first-order chi connectivity index (χ1) is 13.7. The van der Waals surface area contributed by atoms with Crippen LogP contribution in [-0.4, -0.2) is 53.6 Å². The van der Waals surface area contributed by atoms with Crippen molar-refractivity contribution in [1.29, 1.82) is 0 Å². The molecule has 5 heteroatoms. The molecule has 0 N–H and O–H groups in total. The molecular formula is C23H24ClN2O2+. The van der Waals surface area contributed by atoms with Crippen molar-refractivity contribution in [3.63, 3.8) is 0 Å². The standard InChI is InChI=1S/C23H24ClN2O2/c24-19-6-3-5-18(14-19)22-20-7-2-1-4-16(20)10-13-26(22)23(27)28-21-15-25-11-8-17(21)9-12-25/h1-7,14,17,21H,8-13,15H2/q+1/t21-/m1/s1. The molecule has 0 radical (unpaired) electrons. The molecule has 4 nitrogen and oxygen atoms in total. The molecular weight excluding hydrogens is 372 g/mol. The van der Waals surface area contributed by atoms with Crippen molar-refractivity contribution >= 4 is 23.4 Å². The van der Waals surface area contributed by atoms with Gasteiger partial charge in [0.05, 0.1) is 5.56 Å². The van der Waals surface area contributed by atoms with Crippen molar-refractivity contribution in [1.82, 2.24) is 4.90 Å². The monoisotopic (exact) mass is 395 g/mol. The smallest absolute Gasteiger partial charge is 0.407 e. The van der Waals surface area contributed by atoms with Crippen molar-refractivity contribution < 1.29 is 14.1 Å². The van der Waals surface area contributed by atoms with Crippen LogP contribution in [-0.2, 0) is 11.2 Å². The molecule has 28 heavy (non-hydrogen) atoms. The highest BCUT2D eigenvalue weighted by atomic mass is 35.5. The maximum Gasteiger partial charge on any atom is 0.597 e. The Morgan fingerprint density at radius 2 is 1.93 bits per heavy atom. The lowest BCUT2D eigenvalue weighted by Gasteiger charge is -2.43. The third-order valence-corrected chi connectivity index (χ3v) is 6.55. The van der Waals surface area contributed by atoms with Crippen molar-refractivity contribution in [2.75, 3.05) is 26.2 Å². The van der Waals surface area contributed by atoms with E-state index in [2.05, 4.69) is 23.1 Å². The van der Waals surface area contributed by atoms with E-state index in [9.17, 15) is 4.79 Å². The summed E-state index contributed by atoms with van der Waals surface area (Å²) < 4.78 is 7.86. The van der Waals surface area contributed by atoms with E-state index in [-0.39, 0.29) is 12.2 Å². The van der Waals surface area contributed by atoms with Gasteiger partial charge in [0.2, 0.25) is 5.71 Å². The molecule has 144 valence electrons. The lowest BCUT2D eigenvalue weighted by Crippen LogP contribution is -2.52. The fourth-order valence-corrected chi connectivity index (χ4v) is 5.02. The van der Waals surface area contributed by atoms with Gasteiger partial charge in [-0.2, -0.15) is 4.79 Å². The number of carbonyl (C=O) groups excluding carboxylic acids is 1. The van der Waals surface area contributed by atoms with Gasteiger partial charge in [0.25, 0.3) is 0 Å². The molecule has 0 spiro atoms. The molecule has 2 bridgehead atoms. The van der Waals surface area contributed by atoms with Gasteiger partial charge in [-0.3, -0.25) is 4.90 Å². The van der Waals surface area contributed by atoms with Gasteiger partial charge in [-0.15, -0.1) is 4.58 Å². The molecule has 3 fully saturated rings. The summed E-state index contributed by atoms with van der Waals surface area (Å²) in [7, 11) is 0. The van der Waals surface area contributed by atoms with E-state index < -0.39 is 0 Å². The predicted octanol–water partition coefficient (Wildman–Crippen LogP) is 3.98. The molecule has 1 amide bonds. The number of amides is 1. The van der Waals surface area contributed by atoms with Crippen LogP contribution in [0.2, 0.25) is 5.02 Å². The average molecular weight is 396 g/mol. The maximum atomic E-state index is 13.3. The Balaban J connectivity index is 1.53. The van der Waals surface area contributed by atoms with Crippen LogP contribution in [0.3, 0.4) is 0 Å². The molecule has 3 saturated heterocycles. The van der Waals surface area contributed by atoms with Gasteiger partial charge < -0.3 is 4.74 Å². The predicted molar refractivity (Wildman–Crippen MR) is 109 cm³/mol. The first-order valence-electron chi connectivity index (χ1n) is 10.1. The number of rotatable bonds is 2. The number of halogens is 1. The lowest BCUT2D eigenvalue weighted by molar-refractivity contribution is -0.450. The normalized spacial score (nSPS) is 26.1. The van der Waals surface area contributed by atoms with Crippen LogP contribution >= 0.6 is 11.6 Å². The highest BCUT2D eigenvalue weighted by Gasteiger charge is 2.40. The van der Waals surface area contributed by atoms with Crippen molar-refractivity contribution in [2.24, 2.45) is 5.92 Å². The van der Waals surface area contributed by atoms with Crippen LogP contribution in [0.25, 0.3) is 0 Å². The van der Waals surface area contributed by atoms with Gasteiger partial charge >= 0.3 is 6.09 Å². The van der Waals surface area contributed by atoms with Gasteiger partial charge in [0.1, 0.15) is 6.10 Å². The Hall–Kier alpha value is -2.17. The zero-order valence-electron chi connectivity index (χ0n) is 15.8. The first-order valence-corrected chi connectivity index (χ1v) is 10.5. The van der Waals surface area contributed by atoms with E-state index in [1.807, 2.05) is 34.9 Å². The summed E-state index contributed by atoms with van der Waals surface area (Å²) in [5.41, 5.74) is 4.19. The molecule has 4 heterocycles. The van der Waals surface area contributed by atoms with Crippen molar-refractivity contribution in [3.8, 4) is 0 Å². The van der Waals surface area contributed by atoms with Crippen LogP contribution in [0.1, 0.15) is 29.5 Å². The largest absolute Gasteiger partial charge is 0.597 e.